The van der Waals surface area contributed by atoms with Crippen molar-refractivity contribution in [2.24, 2.45) is 16.7 Å². The molecule has 4 saturated heterocycles. The first kappa shape index (κ1) is 49.4. The van der Waals surface area contributed by atoms with Gasteiger partial charge in [0.1, 0.15) is 22.8 Å². The van der Waals surface area contributed by atoms with Gasteiger partial charge in [-0.2, -0.15) is 0 Å². The molecule has 3 aromatic heterocycles. The molecule has 71 heavy (non-hydrogen) atoms. The zero-order valence-corrected chi connectivity index (χ0v) is 42.6. The number of nitro benzene ring substituents is 1. The highest BCUT2D eigenvalue weighted by Gasteiger charge is 2.54. The maximum absolute atomic E-state index is 14.0. The van der Waals surface area contributed by atoms with Gasteiger partial charge >= 0.3 is 0 Å². The number of nitro groups is 1. The Kier molecular flexibility index (Phi) is 13.7. The zero-order valence-electron chi connectivity index (χ0n) is 40.2. The average Bonchev–Trinajstić information content (AvgIpc) is 3.99. The fourth-order valence-electron chi connectivity index (χ4n) is 11.0. The van der Waals surface area contributed by atoms with Crippen molar-refractivity contribution in [3.63, 3.8) is 0 Å². The van der Waals surface area contributed by atoms with E-state index in [0.717, 1.165) is 82.3 Å². The van der Waals surface area contributed by atoms with Crippen LogP contribution in [0.1, 0.15) is 59.8 Å². The van der Waals surface area contributed by atoms with Gasteiger partial charge in [-0.15, -0.1) is 11.3 Å². The summed E-state index contributed by atoms with van der Waals surface area (Å²) in [6.07, 6.45) is 7.72. The van der Waals surface area contributed by atoms with E-state index in [1.165, 1.54) is 41.4 Å². The number of nitrogens with zero attached hydrogens (tertiary/aromatic N) is 6. The van der Waals surface area contributed by atoms with Crippen LogP contribution in [0.2, 0.25) is 0 Å². The third-order valence-corrected chi connectivity index (χ3v) is 18.4. The second kappa shape index (κ2) is 19.7. The van der Waals surface area contributed by atoms with Crippen LogP contribution in [0.15, 0.2) is 77.3 Å². The van der Waals surface area contributed by atoms with Gasteiger partial charge in [0.05, 0.1) is 53.8 Å². The predicted molar refractivity (Wildman–Crippen MR) is 270 cm³/mol. The van der Waals surface area contributed by atoms with E-state index in [1.807, 2.05) is 17.4 Å². The molecule has 1 spiro atoms. The summed E-state index contributed by atoms with van der Waals surface area (Å²) in [4.78, 5) is 41.2. The van der Waals surface area contributed by atoms with E-state index in [9.17, 15) is 31.7 Å². The largest absolute Gasteiger partial charge is 0.455 e. The Labute approximate surface area is 418 Å². The molecule has 5 aromatic rings. The number of piperazine rings is 1. The summed E-state index contributed by atoms with van der Waals surface area (Å²) >= 11 is 1.88. The molecule has 5 fully saturated rings. The van der Waals surface area contributed by atoms with Crippen molar-refractivity contribution >= 4 is 65.4 Å². The molecule has 4 aliphatic heterocycles. The van der Waals surface area contributed by atoms with Crippen LogP contribution in [0.3, 0.4) is 0 Å². The maximum Gasteiger partial charge on any atom is 0.293 e. The topological polar surface area (TPSA) is 222 Å². The maximum atomic E-state index is 14.0. The average molecular weight is 1030 g/mol. The molecule has 22 heteroatoms. The lowest BCUT2D eigenvalue weighted by molar-refractivity contribution is -0.384. The first-order valence-electron chi connectivity index (χ1n) is 24.1. The Morgan fingerprint density at radius 1 is 1.00 bits per heavy atom. The van der Waals surface area contributed by atoms with Crippen molar-refractivity contribution in [3.8, 4) is 11.5 Å². The molecule has 1 saturated carbocycles. The third-order valence-electron chi connectivity index (χ3n) is 14.7. The molecule has 7 heterocycles. The number of aromatic amines is 1. The fraction of sp³-hybridized carbons (Fsp3) is 0.510. The van der Waals surface area contributed by atoms with Crippen molar-refractivity contribution in [2.45, 2.75) is 56.6 Å². The Morgan fingerprint density at radius 2 is 1.80 bits per heavy atom. The van der Waals surface area contributed by atoms with Crippen molar-refractivity contribution in [1.29, 1.82) is 0 Å². The number of pyridine rings is 1. The van der Waals surface area contributed by atoms with E-state index in [1.54, 1.807) is 34.8 Å². The molecule has 3 atom stereocenters. The molecule has 5 aliphatic rings. The van der Waals surface area contributed by atoms with Crippen LogP contribution in [-0.2, 0) is 36.1 Å². The minimum atomic E-state index is -4.60. The van der Waals surface area contributed by atoms with Crippen LogP contribution >= 0.6 is 11.3 Å². The summed E-state index contributed by atoms with van der Waals surface area (Å²) in [6, 6.07) is 14.5. The van der Waals surface area contributed by atoms with Crippen LogP contribution in [-0.4, -0.2) is 149 Å². The van der Waals surface area contributed by atoms with Gasteiger partial charge in [0.15, 0.2) is 0 Å². The van der Waals surface area contributed by atoms with Crippen LogP contribution < -0.4 is 19.7 Å². The number of H-pyrrole nitrogens is 1. The number of likely N-dealkylation sites (tertiary alicyclic amines) is 1. The van der Waals surface area contributed by atoms with Gasteiger partial charge in [-0.3, -0.25) is 24.7 Å². The van der Waals surface area contributed by atoms with Crippen molar-refractivity contribution in [2.75, 3.05) is 102 Å². The molecule has 1 aliphatic carbocycles. The summed E-state index contributed by atoms with van der Waals surface area (Å²) < 4.78 is 72.4. The first-order valence-corrected chi connectivity index (χ1v) is 28.3. The Balaban J connectivity index is 0.804. The molecule has 0 radical (unpaired) electrons. The van der Waals surface area contributed by atoms with Crippen molar-refractivity contribution in [3.05, 3.63) is 98.5 Å². The number of nitrogens with one attached hydrogen (secondary N) is 3. The van der Waals surface area contributed by atoms with E-state index in [2.05, 4.69) is 60.0 Å². The number of ether oxygens (including phenoxy) is 3. The summed E-state index contributed by atoms with van der Waals surface area (Å²) in [5.41, 5.74) is 2.73. The van der Waals surface area contributed by atoms with Crippen molar-refractivity contribution < 1.29 is 40.8 Å². The lowest BCUT2D eigenvalue weighted by Crippen LogP contribution is -2.72. The number of sulfonamides is 2. The highest BCUT2D eigenvalue weighted by Crippen LogP contribution is 2.49. The Bertz CT molecular complexity index is 3010. The minimum absolute atomic E-state index is 0.0521. The molecule has 0 bridgehead atoms. The van der Waals surface area contributed by atoms with Crippen LogP contribution in [0.5, 0.6) is 11.5 Å². The molecule has 0 unspecified atom stereocenters. The van der Waals surface area contributed by atoms with Gasteiger partial charge in [0, 0.05) is 112 Å². The SMILES string of the molecule is CC1(C)CC[C@H](CN2CCN(c3ccc(C(=O)NS(=O)(=O)c4ccc(NC[C@H]5COCCO5)c([N+](=O)[O-])c4)c(Oc4cnc5[nH]ccc5c4)c3)CC2)[C@@H](c2cc(CN3CC4(C3)CN(S(C)(=O)=O)C4)cs2)C1. The van der Waals surface area contributed by atoms with Crippen LogP contribution in [0, 0.1) is 26.9 Å². The highest BCUT2D eigenvalue weighted by molar-refractivity contribution is 7.90. The number of anilines is 2. The standard InChI is InChI=1S/C49H61N9O10S3/c1-48(2)10-8-35(41(22-48)45-18-33(28-69-45)25-55-29-49(30-55)31-57(32-49)70(3,62)63)26-54-12-14-56(15-13-54)36-4-6-40(44(20-36)68-37-19-34-9-11-50-46(34)52-23-37)47(59)53-71(64,65)39-5-7-42(43(21-39)58(60)61)51-24-38-27-66-16-17-67-38/h4-7,9,11,18-21,23,28,35,38,41,51H,8,10,12-17,22,24-27,29-32H2,1-3H3,(H,50,52)(H,53,59)/t35-,38+,41+/m1/s1. The van der Waals surface area contributed by atoms with Gasteiger partial charge in [0.2, 0.25) is 10.0 Å². The summed E-state index contributed by atoms with van der Waals surface area (Å²) in [5, 5.41) is 18.2. The monoisotopic (exact) mass is 1030 g/mol. The van der Waals surface area contributed by atoms with E-state index in [4.69, 9.17) is 14.2 Å². The van der Waals surface area contributed by atoms with E-state index in [-0.39, 0.29) is 40.5 Å². The molecule has 3 N–H and O–H groups in total. The lowest BCUT2D eigenvalue weighted by Gasteiger charge is -2.59. The Hall–Kier alpha value is -5.20. The number of hydrogen-bond donors (Lipinski definition) is 3. The smallest absolute Gasteiger partial charge is 0.293 e. The second-order valence-corrected chi connectivity index (χ2v) is 25.4. The van der Waals surface area contributed by atoms with E-state index in [0.29, 0.717) is 56.1 Å². The van der Waals surface area contributed by atoms with E-state index >= 15 is 0 Å². The minimum Gasteiger partial charge on any atom is -0.455 e. The molecule has 1 amide bonds. The van der Waals surface area contributed by atoms with Crippen LogP contribution in [0.4, 0.5) is 17.1 Å². The summed E-state index contributed by atoms with van der Waals surface area (Å²) in [5.74, 6) is 0.466. The molecular formula is C49H61N9O10S3. The summed E-state index contributed by atoms with van der Waals surface area (Å²) in [6.45, 7) is 14.3. The number of carbonyl (C=O) groups excluding carboxylic acids is 1. The first-order chi connectivity index (χ1) is 33.9. The zero-order chi connectivity index (χ0) is 49.7. The number of amides is 1. The van der Waals surface area contributed by atoms with Crippen LogP contribution in [0.25, 0.3) is 11.0 Å². The number of benzene rings is 2. The molecule has 380 valence electrons. The number of aromatic nitrogens is 2. The molecule has 10 rings (SSSR count). The van der Waals surface area contributed by atoms with Crippen molar-refractivity contribution in [1.82, 2.24) is 28.8 Å². The van der Waals surface area contributed by atoms with Gasteiger partial charge in [0.25, 0.3) is 21.6 Å². The van der Waals surface area contributed by atoms with Gasteiger partial charge in [-0.1, -0.05) is 13.8 Å². The van der Waals surface area contributed by atoms with Gasteiger partial charge in [-0.25, -0.2) is 30.8 Å². The normalized spacial score (nSPS) is 23.0. The number of hydrogen-bond acceptors (Lipinski definition) is 16. The quantitative estimate of drug-likeness (QED) is 0.0753. The molecule has 2 aromatic carbocycles. The number of rotatable bonds is 16. The van der Waals surface area contributed by atoms with Gasteiger partial charge < -0.3 is 29.4 Å². The Morgan fingerprint density at radius 3 is 2.55 bits per heavy atom. The lowest BCUT2D eigenvalue weighted by atomic mass is 9.66. The molecular weight excluding hydrogens is 971 g/mol. The summed E-state index contributed by atoms with van der Waals surface area (Å²) in [7, 11) is -7.72. The fourth-order valence-corrected chi connectivity index (χ4v) is 14.1. The predicted octanol–water partition coefficient (Wildman–Crippen LogP) is 6.08. The third kappa shape index (κ3) is 11.1. The molecule has 19 nitrogen and oxygen atoms in total. The number of thiophene rings is 1. The van der Waals surface area contributed by atoms with E-state index < -0.39 is 41.5 Å². The second-order valence-electron chi connectivity index (χ2n) is 20.8. The highest BCUT2D eigenvalue weighted by atomic mass is 32.2. The number of fused-ring (bicyclic) bond motifs is 1. The van der Waals surface area contributed by atoms with Gasteiger partial charge in [-0.05, 0) is 89.9 Å². The number of carbonyl (C=O) groups is 1.